The van der Waals surface area contributed by atoms with Crippen LogP contribution in [0.2, 0.25) is 0 Å². The van der Waals surface area contributed by atoms with Crippen LogP contribution in [0.25, 0.3) is 0 Å². The van der Waals surface area contributed by atoms with E-state index in [0.29, 0.717) is 0 Å². The number of rotatable bonds is 20. The van der Waals surface area contributed by atoms with E-state index < -0.39 is 5.97 Å². The third-order valence-electron chi connectivity index (χ3n) is 6.34. The van der Waals surface area contributed by atoms with Gasteiger partial charge in [-0.05, 0) is 19.3 Å². The molecule has 0 aromatic heterocycles. The molecule has 0 fully saturated rings. The van der Waals surface area contributed by atoms with Crippen LogP contribution >= 0.6 is 0 Å². The molecular formula is C26H48N3O2+. The molecule has 31 heavy (non-hydrogen) atoms. The van der Waals surface area contributed by atoms with Crippen LogP contribution in [0.5, 0.6) is 0 Å². The summed E-state index contributed by atoms with van der Waals surface area (Å²) < 4.78 is 0.141. The van der Waals surface area contributed by atoms with E-state index in [-0.39, 0.29) is 17.2 Å². The zero-order valence-corrected chi connectivity index (χ0v) is 20.2. The first-order valence-corrected chi connectivity index (χ1v) is 12.8. The van der Waals surface area contributed by atoms with E-state index >= 15 is 0 Å². The second kappa shape index (κ2) is 17.1. The first-order chi connectivity index (χ1) is 15.0. The van der Waals surface area contributed by atoms with Crippen molar-refractivity contribution in [3.8, 4) is 0 Å². The molecule has 0 aromatic carbocycles. The Morgan fingerprint density at radius 1 is 0.968 bits per heavy atom. The largest absolute Gasteiger partial charge is 0.477 e. The van der Waals surface area contributed by atoms with Gasteiger partial charge in [0.05, 0.1) is 6.20 Å². The van der Waals surface area contributed by atoms with E-state index in [1.807, 2.05) is 13.1 Å². The highest BCUT2D eigenvalue weighted by Crippen LogP contribution is 2.22. The Balaban J connectivity index is 2.01. The van der Waals surface area contributed by atoms with Crippen LogP contribution in [0.4, 0.5) is 0 Å². The molecule has 3 N–H and O–H groups in total. The third kappa shape index (κ3) is 11.6. The SMILES string of the molecule is CCCCCCCCCCCCCCC/C=C/CCC1=NC=C[N+]1(CC(=O)O)C(C)N. The molecule has 0 amide bonds. The number of carbonyl (C=O) groups is 1. The van der Waals surface area contributed by atoms with Crippen molar-refractivity contribution in [2.75, 3.05) is 6.54 Å². The fourth-order valence-corrected chi connectivity index (χ4v) is 4.32. The molecule has 1 rings (SSSR count). The zero-order valence-electron chi connectivity index (χ0n) is 20.2. The Morgan fingerprint density at radius 2 is 1.48 bits per heavy atom. The molecule has 1 heterocycles. The topological polar surface area (TPSA) is 75.7 Å². The highest BCUT2D eigenvalue weighted by Gasteiger charge is 2.40. The van der Waals surface area contributed by atoms with Gasteiger partial charge in [-0.25, -0.2) is 14.3 Å². The average Bonchev–Trinajstić information content (AvgIpc) is 3.13. The number of amidine groups is 1. The molecule has 0 aromatic rings. The van der Waals surface area contributed by atoms with Gasteiger partial charge >= 0.3 is 5.97 Å². The molecule has 0 spiro atoms. The summed E-state index contributed by atoms with van der Waals surface area (Å²) in [5.74, 6) is -0.00231. The zero-order chi connectivity index (χ0) is 22.8. The van der Waals surface area contributed by atoms with Crippen molar-refractivity contribution in [3.05, 3.63) is 24.6 Å². The first-order valence-electron chi connectivity index (χ1n) is 12.8. The fraction of sp³-hybridized carbons (Fsp3) is 0.769. The highest BCUT2D eigenvalue weighted by molar-refractivity contribution is 5.81. The summed E-state index contributed by atoms with van der Waals surface area (Å²) in [4.78, 5) is 15.7. The second-order valence-electron chi connectivity index (χ2n) is 9.11. The Morgan fingerprint density at radius 3 is 2.00 bits per heavy atom. The molecule has 1 aliphatic heterocycles. The Kier molecular flexibility index (Phi) is 15.2. The van der Waals surface area contributed by atoms with E-state index in [4.69, 9.17) is 5.73 Å². The van der Waals surface area contributed by atoms with Gasteiger partial charge < -0.3 is 5.11 Å². The summed E-state index contributed by atoms with van der Waals surface area (Å²) in [6, 6.07) is 0. The molecule has 2 atom stereocenters. The van der Waals surface area contributed by atoms with Crippen molar-refractivity contribution in [1.29, 1.82) is 0 Å². The number of aliphatic carboxylic acids is 1. The number of carboxylic acid groups (broad SMARTS) is 1. The van der Waals surface area contributed by atoms with Gasteiger partial charge in [0.2, 0.25) is 5.84 Å². The van der Waals surface area contributed by atoms with Gasteiger partial charge in [0.15, 0.2) is 6.54 Å². The molecule has 0 saturated heterocycles. The predicted octanol–water partition coefficient (Wildman–Crippen LogP) is 6.89. The lowest BCUT2D eigenvalue weighted by atomic mass is 10.0. The minimum Gasteiger partial charge on any atom is -0.477 e. The van der Waals surface area contributed by atoms with E-state index in [1.165, 1.54) is 83.5 Å². The van der Waals surface area contributed by atoms with Crippen molar-refractivity contribution in [2.24, 2.45) is 10.7 Å². The van der Waals surface area contributed by atoms with Gasteiger partial charge in [0, 0.05) is 13.3 Å². The van der Waals surface area contributed by atoms with E-state index in [1.54, 1.807) is 6.20 Å². The molecule has 178 valence electrons. The van der Waals surface area contributed by atoms with Gasteiger partial charge in [0.25, 0.3) is 0 Å². The molecule has 0 radical (unpaired) electrons. The number of nitrogens with zero attached hydrogens (tertiary/aromatic N) is 2. The second-order valence-corrected chi connectivity index (χ2v) is 9.11. The van der Waals surface area contributed by atoms with Crippen molar-refractivity contribution in [1.82, 2.24) is 0 Å². The van der Waals surface area contributed by atoms with Crippen LogP contribution in [0, 0.1) is 0 Å². The maximum atomic E-state index is 11.3. The Labute approximate surface area is 191 Å². The number of quaternary nitrogens is 1. The maximum absolute atomic E-state index is 11.3. The quantitative estimate of drug-likeness (QED) is 0.124. The van der Waals surface area contributed by atoms with Crippen molar-refractivity contribution in [2.45, 2.75) is 123 Å². The summed E-state index contributed by atoms with van der Waals surface area (Å²) in [5, 5.41) is 9.25. The Bertz CT molecular complexity index is 569. The van der Waals surface area contributed by atoms with Crippen molar-refractivity contribution in [3.63, 3.8) is 0 Å². The monoisotopic (exact) mass is 434 g/mol. The van der Waals surface area contributed by atoms with Crippen LogP contribution < -0.4 is 5.73 Å². The van der Waals surface area contributed by atoms with Gasteiger partial charge in [-0.1, -0.05) is 96.1 Å². The summed E-state index contributed by atoms with van der Waals surface area (Å²) >= 11 is 0. The molecule has 1 aliphatic rings. The number of nitrogens with two attached hydrogens (primary N) is 1. The molecule has 5 heteroatoms. The average molecular weight is 435 g/mol. The van der Waals surface area contributed by atoms with Crippen LogP contribution in [-0.4, -0.2) is 34.1 Å². The van der Waals surface area contributed by atoms with Crippen LogP contribution in [-0.2, 0) is 4.79 Å². The van der Waals surface area contributed by atoms with Crippen molar-refractivity contribution >= 4 is 11.8 Å². The van der Waals surface area contributed by atoms with Gasteiger partial charge in [-0.15, -0.1) is 0 Å². The van der Waals surface area contributed by atoms with Crippen molar-refractivity contribution < 1.29 is 14.4 Å². The number of unbranched alkanes of at least 4 members (excludes halogenated alkanes) is 13. The number of carboxylic acids is 1. The molecule has 0 bridgehead atoms. The molecular weight excluding hydrogens is 386 g/mol. The van der Waals surface area contributed by atoms with Gasteiger partial charge in [0.1, 0.15) is 12.4 Å². The normalized spacial score (nSPS) is 19.3. The third-order valence-corrected chi connectivity index (χ3v) is 6.34. The predicted molar refractivity (Wildman–Crippen MR) is 132 cm³/mol. The van der Waals surface area contributed by atoms with Gasteiger partial charge in [-0.2, -0.15) is 0 Å². The summed E-state index contributed by atoms with van der Waals surface area (Å²) in [6.07, 6.45) is 28.4. The lowest BCUT2D eigenvalue weighted by molar-refractivity contribution is -0.805. The summed E-state index contributed by atoms with van der Waals surface area (Å²) in [7, 11) is 0. The van der Waals surface area contributed by atoms with Crippen LogP contribution in [0.1, 0.15) is 117 Å². The standard InChI is InChI=1S/C26H47N3O2/c1-3-4-5-6-7-8-9-10-11-12-13-14-15-16-17-18-19-20-25-28-21-22-29(25,24(2)27)23-26(30)31/h17-18,21-22,24H,3-16,19-20,23,27H2,1-2H3/p+1/b18-17+. The fourth-order valence-electron chi connectivity index (χ4n) is 4.32. The number of allylic oxidation sites excluding steroid dienone is 2. The molecule has 5 nitrogen and oxygen atoms in total. The molecule has 0 aliphatic carbocycles. The maximum Gasteiger partial charge on any atom is 0.360 e. The molecule has 2 unspecified atom stereocenters. The molecule has 0 saturated carbocycles. The Hall–Kier alpha value is -1.46. The number of aliphatic imine (C=N–C) groups is 1. The van der Waals surface area contributed by atoms with E-state index in [2.05, 4.69) is 24.1 Å². The first kappa shape index (κ1) is 27.6. The number of hydrogen-bond donors (Lipinski definition) is 2. The summed E-state index contributed by atoms with van der Waals surface area (Å²) in [6.45, 7) is 4.08. The van der Waals surface area contributed by atoms with E-state index in [0.717, 1.165) is 25.1 Å². The minimum atomic E-state index is -0.852. The minimum absolute atomic E-state index is 0.0460. The number of hydrogen-bond acceptors (Lipinski definition) is 3. The smallest absolute Gasteiger partial charge is 0.360 e. The summed E-state index contributed by atoms with van der Waals surface area (Å²) in [5.41, 5.74) is 6.10. The van der Waals surface area contributed by atoms with Gasteiger partial charge in [-0.3, -0.25) is 5.73 Å². The highest BCUT2D eigenvalue weighted by atomic mass is 16.4. The lowest BCUT2D eigenvalue weighted by Crippen LogP contribution is -2.59. The van der Waals surface area contributed by atoms with Crippen LogP contribution in [0.3, 0.4) is 0 Å². The van der Waals surface area contributed by atoms with E-state index in [9.17, 15) is 9.90 Å². The lowest BCUT2D eigenvalue weighted by Gasteiger charge is -2.34. The van der Waals surface area contributed by atoms with Crippen LogP contribution in [0.15, 0.2) is 29.5 Å².